The summed E-state index contributed by atoms with van der Waals surface area (Å²) in [5.41, 5.74) is -0.258. The first kappa shape index (κ1) is 17.8. The van der Waals surface area contributed by atoms with E-state index in [1.165, 1.54) is 12.1 Å². The molecule has 128 valence electrons. The van der Waals surface area contributed by atoms with E-state index in [2.05, 4.69) is 0 Å². The van der Waals surface area contributed by atoms with Gasteiger partial charge < -0.3 is 19.7 Å². The Bertz CT molecular complexity index is 639. The molecule has 2 aromatic rings. The van der Waals surface area contributed by atoms with Crippen LogP contribution in [0.4, 0.5) is 0 Å². The molecule has 0 spiro atoms. The molecule has 2 rings (SSSR count). The third kappa shape index (κ3) is 5.28. The predicted molar refractivity (Wildman–Crippen MR) is 90.1 cm³/mol. The van der Waals surface area contributed by atoms with Crippen molar-refractivity contribution in [2.24, 2.45) is 0 Å². The fourth-order valence-corrected chi connectivity index (χ4v) is 2.25. The summed E-state index contributed by atoms with van der Waals surface area (Å²) in [6.45, 7) is 2.50. The van der Waals surface area contributed by atoms with E-state index in [1.807, 2.05) is 30.3 Å². The molecule has 2 N–H and O–H groups in total. The lowest BCUT2D eigenvalue weighted by Gasteiger charge is -2.26. The predicted octanol–water partition coefficient (Wildman–Crippen LogP) is 3.61. The number of aromatic hydroxyl groups is 1. The van der Waals surface area contributed by atoms with Gasteiger partial charge in [-0.2, -0.15) is 0 Å². The number of benzene rings is 2. The minimum atomic E-state index is -1.34. The van der Waals surface area contributed by atoms with Crippen LogP contribution >= 0.6 is 0 Å². The fourth-order valence-electron chi connectivity index (χ4n) is 2.25. The van der Waals surface area contributed by atoms with Gasteiger partial charge in [-0.25, -0.2) is 4.79 Å². The normalized spacial score (nSPS) is 13.2. The second kappa shape index (κ2) is 8.36. The minimum Gasteiger partial charge on any atom is -0.508 e. The van der Waals surface area contributed by atoms with E-state index in [9.17, 15) is 15.0 Å². The monoisotopic (exact) mass is 330 g/mol. The fraction of sp³-hybridized carbons (Fsp3) is 0.316. The van der Waals surface area contributed by atoms with Gasteiger partial charge in [0.05, 0.1) is 6.61 Å². The Kier molecular flexibility index (Phi) is 6.21. The number of hydrogen-bond donors (Lipinski definition) is 2. The van der Waals surface area contributed by atoms with Gasteiger partial charge >= 0.3 is 5.97 Å². The zero-order chi connectivity index (χ0) is 17.4. The van der Waals surface area contributed by atoms with Crippen molar-refractivity contribution in [2.75, 3.05) is 6.61 Å². The molecule has 0 aromatic heterocycles. The van der Waals surface area contributed by atoms with E-state index in [0.29, 0.717) is 31.8 Å². The third-order valence-electron chi connectivity index (χ3n) is 3.69. The van der Waals surface area contributed by atoms with Crippen LogP contribution in [0.2, 0.25) is 0 Å². The lowest BCUT2D eigenvalue weighted by atomic mass is 10.00. The Labute approximate surface area is 141 Å². The SMILES string of the molecule is CC(CCCOCc1ccccc1)(Oc1ccc(O)cc1)C(=O)O. The largest absolute Gasteiger partial charge is 0.508 e. The molecule has 1 unspecified atom stereocenters. The number of rotatable bonds is 9. The second-order valence-corrected chi connectivity index (χ2v) is 5.77. The highest BCUT2D eigenvalue weighted by atomic mass is 16.5. The summed E-state index contributed by atoms with van der Waals surface area (Å²) in [4.78, 5) is 11.6. The Hall–Kier alpha value is -2.53. The average molecular weight is 330 g/mol. The number of hydrogen-bond acceptors (Lipinski definition) is 4. The molecule has 0 heterocycles. The maximum Gasteiger partial charge on any atom is 0.347 e. The Morgan fingerprint density at radius 1 is 1.08 bits per heavy atom. The number of phenols is 1. The molecule has 5 heteroatoms. The van der Waals surface area contributed by atoms with Gasteiger partial charge in [-0.05, 0) is 49.6 Å². The molecule has 0 aliphatic rings. The highest BCUT2D eigenvalue weighted by molar-refractivity contribution is 5.77. The van der Waals surface area contributed by atoms with E-state index >= 15 is 0 Å². The van der Waals surface area contributed by atoms with E-state index < -0.39 is 11.6 Å². The average Bonchev–Trinajstić information content (AvgIpc) is 2.57. The zero-order valence-corrected chi connectivity index (χ0v) is 13.6. The first-order valence-corrected chi connectivity index (χ1v) is 7.83. The van der Waals surface area contributed by atoms with Crippen molar-refractivity contribution in [2.45, 2.75) is 32.0 Å². The molecule has 0 amide bonds. The number of aliphatic carboxylic acids is 1. The van der Waals surface area contributed by atoms with Gasteiger partial charge in [0.2, 0.25) is 5.60 Å². The van der Waals surface area contributed by atoms with E-state index in [0.717, 1.165) is 5.56 Å². The molecule has 0 aliphatic heterocycles. The van der Waals surface area contributed by atoms with E-state index in [-0.39, 0.29) is 5.75 Å². The highest BCUT2D eigenvalue weighted by Crippen LogP contribution is 2.25. The lowest BCUT2D eigenvalue weighted by Crippen LogP contribution is -2.41. The Balaban J connectivity index is 1.81. The molecule has 0 aliphatic carbocycles. The number of phenolic OH excluding ortho intramolecular Hbond substituents is 1. The molecule has 0 saturated heterocycles. The van der Waals surface area contributed by atoms with E-state index in [1.54, 1.807) is 19.1 Å². The first-order valence-electron chi connectivity index (χ1n) is 7.83. The van der Waals surface area contributed by atoms with Crippen molar-refractivity contribution in [3.8, 4) is 11.5 Å². The maximum absolute atomic E-state index is 11.6. The summed E-state index contributed by atoms with van der Waals surface area (Å²) in [5.74, 6) is -0.518. The van der Waals surface area contributed by atoms with Crippen molar-refractivity contribution >= 4 is 5.97 Å². The van der Waals surface area contributed by atoms with Crippen LogP contribution in [-0.2, 0) is 16.1 Å². The van der Waals surface area contributed by atoms with Crippen molar-refractivity contribution in [1.29, 1.82) is 0 Å². The van der Waals surface area contributed by atoms with Crippen molar-refractivity contribution in [1.82, 2.24) is 0 Å². The van der Waals surface area contributed by atoms with Gasteiger partial charge in [-0.15, -0.1) is 0 Å². The van der Waals surface area contributed by atoms with Gasteiger partial charge in [0.25, 0.3) is 0 Å². The Morgan fingerprint density at radius 2 is 1.75 bits per heavy atom. The summed E-state index contributed by atoms with van der Waals surface area (Å²) in [6, 6.07) is 15.8. The lowest BCUT2D eigenvalue weighted by molar-refractivity contribution is -0.154. The topological polar surface area (TPSA) is 76.0 Å². The van der Waals surface area contributed by atoms with Crippen molar-refractivity contribution < 1.29 is 24.5 Å². The number of carbonyl (C=O) groups is 1. The maximum atomic E-state index is 11.6. The van der Waals surface area contributed by atoms with Crippen LogP contribution in [0.5, 0.6) is 11.5 Å². The molecule has 24 heavy (non-hydrogen) atoms. The van der Waals surface area contributed by atoms with Crippen LogP contribution in [0.15, 0.2) is 54.6 Å². The molecule has 5 nitrogen and oxygen atoms in total. The molecule has 0 saturated carbocycles. The van der Waals surface area contributed by atoms with Gasteiger partial charge in [0.15, 0.2) is 0 Å². The highest BCUT2D eigenvalue weighted by Gasteiger charge is 2.35. The molecule has 0 fully saturated rings. The number of ether oxygens (including phenoxy) is 2. The smallest absolute Gasteiger partial charge is 0.347 e. The molecule has 1 atom stereocenters. The summed E-state index contributed by atoms with van der Waals surface area (Å²) < 4.78 is 11.2. The minimum absolute atomic E-state index is 0.105. The Morgan fingerprint density at radius 3 is 2.38 bits per heavy atom. The summed E-state index contributed by atoms with van der Waals surface area (Å²) in [6.07, 6.45) is 0.881. The quantitative estimate of drug-likeness (QED) is 0.687. The van der Waals surface area contributed by atoms with Crippen LogP contribution in [0.25, 0.3) is 0 Å². The standard InChI is InChI=1S/C19H22O5/c1-19(18(21)22,24-17-10-8-16(20)9-11-17)12-5-13-23-14-15-6-3-2-4-7-15/h2-4,6-11,20H,5,12-14H2,1H3,(H,21,22). The van der Waals surface area contributed by atoms with Gasteiger partial charge in [0, 0.05) is 6.61 Å². The molecule has 0 bridgehead atoms. The second-order valence-electron chi connectivity index (χ2n) is 5.77. The summed E-state index contributed by atoms with van der Waals surface area (Å²) in [5, 5.41) is 18.7. The molecule has 0 radical (unpaired) electrons. The van der Waals surface area contributed by atoms with Crippen LogP contribution < -0.4 is 4.74 Å². The van der Waals surface area contributed by atoms with Crippen molar-refractivity contribution in [3.05, 3.63) is 60.2 Å². The van der Waals surface area contributed by atoms with Crippen LogP contribution in [0.1, 0.15) is 25.3 Å². The van der Waals surface area contributed by atoms with E-state index in [4.69, 9.17) is 9.47 Å². The van der Waals surface area contributed by atoms with Gasteiger partial charge in [-0.3, -0.25) is 0 Å². The third-order valence-corrected chi connectivity index (χ3v) is 3.69. The zero-order valence-electron chi connectivity index (χ0n) is 13.6. The van der Waals surface area contributed by atoms with Gasteiger partial charge in [0.1, 0.15) is 11.5 Å². The molecular formula is C19H22O5. The van der Waals surface area contributed by atoms with Gasteiger partial charge in [-0.1, -0.05) is 30.3 Å². The van der Waals surface area contributed by atoms with Crippen LogP contribution in [0.3, 0.4) is 0 Å². The molecule has 2 aromatic carbocycles. The van der Waals surface area contributed by atoms with Crippen molar-refractivity contribution in [3.63, 3.8) is 0 Å². The number of carboxylic acids is 1. The summed E-state index contributed by atoms with van der Waals surface area (Å²) in [7, 11) is 0. The number of carboxylic acid groups (broad SMARTS) is 1. The first-order chi connectivity index (χ1) is 11.5. The molecular weight excluding hydrogens is 308 g/mol. The van der Waals surface area contributed by atoms with Crippen LogP contribution in [0, 0.1) is 0 Å². The summed E-state index contributed by atoms with van der Waals surface area (Å²) >= 11 is 0. The van der Waals surface area contributed by atoms with Crippen LogP contribution in [-0.4, -0.2) is 28.4 Å².